The zero-order valence-corrected chi connectivity index (χ0v) is 12.6. The van der Waals surface area contributed by atoms with E-state index < -0.39 is 0 Å². The van der Waals surface area contributed by atoms with Crippen LogP contribution in [-0.2, 0) is 11.8 Å². The van der Waals surface area contributed by atoms with Crippen LogP contribution in [0.15, 0.2) is 0 Å². The van der Waals surface area contributed by atoms with Crippen molar-refractivity contribution in [2.45, 2.75) is 19.9 Å². The van der Waals surface area contributed by atoms with E-state index in [-0.39, 0.29) is 6.04 Å². The molecule has 0 bridgehead atoms. The molecule has 2 N–H and O–H groups in total. The molecule has 0 aromatic carbocycles. The fourth-order valence-corrected chi connectivity index (χ4v) is 2.47. The van der Waals surface area contributed by atoms with Crippen LogP contribution >= 0.6 is 0 Å². The third kappa shape index (κ3) is 3.46. The van der Waals surface area contributed by atoms with Gasteiger partial charge in [0.1, 0.15) is 0 Å². The minimum atomic E-state index is 0.101. The molecule has 0 saturated carbocycles. The third-order valence-electron chi connectivity index (χ3n) is 3.39. The first-order valence-corrected chi connectivity index (χ1v) is 6.61. The van der Waals surface area contributed by atoms with Crippen molar-refractivity contribution in [3.8, 4) is 5.88 Å². The first-order valence-electron chi connectivity index (χ1n) is 6.61. The number of rotatable bonds is 8. The van der Waals surface area contributed by atoms with Gasteiger partial charge in [-0.3, -0.25) is 4.90 Å². The zero-order valence-electron chi connectivity index (χ0n) is 12.6. The Morgan fingerprint density at radius 1 is 1.42 bits per heavy atom. The minimum Gasteiger partial charge on any atom is -0.481 e. The number of methoxy groups -OCH3 is 2. The van der Waals surface area contributed by atoms with Crippen molar-refractivity contribution in [3.05, 3.63) is 11.3 Å². The Morgan fingerprint density at radius 2 is 2.11 bits per heavy atom. The summed E-state index contributed by atoms with van der Waals surface area (Å²) in [7, 11) is 5.26. The van der Waals surface area contributed by atoms with Gasteiger partial charge in [0.15, 0.2) is 0 Å². The number of nitrogens with two attached hydrogens (primary N) is 1. The predicted molar refractivity (Wildman–Crippen MR) is 75.4 cm³/mol. The van der Waals surface area contributed by atoms with E-state index in [4.69, 9.17) is 15.2 Å². The highest BCUT2D eigenvalue weighted by Crippen LogP contribution is 2.31. The first-order chi connectivity index (χ1) is 9.10. The maximum Gasteiger partial charge on any atom is 0.216 e. The van der Waals surface area contributed by atoms with Crippen molar-refractivity contribution in [1.82, 2.24) is 14.7 Å². The van der Waals surface area contributed by atoms with E-state index in [2.05, 4.69) is 16.9 Å². The second-order valence-corrected chi connectivity index (χ2v) is 4.50. The molecule has 1 heterocycles. The largest absolute Gasteiger partial charge is 0.481 e. The van der Waals surface area contributed by atoms with Gasteiger partial charge in [0, 0.05) is 27.2 Å². The third-order valence-corrected chi connectivity index (χ3v) is 3.39. The van der Waals surface area contributed by atoms with Gasteiger partial charge in [-0.1, -0.05) is 6.92 Å². The molecule has 0 spiro atoms. The number of ether oxygens (including phenoxy) is 2. The normalized spacial score (nSPS) is 13.0. The second-order valence-electron chi connectivity index (χ2n) is 4.50. The van der Waals surface area contributed by atoms with Gasteiger partial charge in [-0.05, 0) is 13.5 Å². The predicted octanol–water partition coefficient (Wildman–Crippen LogP) is 0.705. The molecule has 1 rings (SSSR count). The van der Waals surface area contributed by atoms with Gasteiger partial charge in [0.05, 0.1) is 31.0 Å². The highest BCUT2D eigenvalue weighted by atomic mass is 16.5. The minimum absolute atomic E-state index is 0.101. The number of likely N-dealkylation sites (N-methyl/N-ethyl adjacent to an activating group) is 1. The van der Waals surface area contributed by atoms with Gasteiger partial charge < -0.3 is 15.2 Å². The molecule has 0 amide bonds. The molecule has 1 aromatic heterocycles. The number of nitrogens with zero attached hydrogens (tertiary/aromatic N) is 3. The molecule has 0 aliphatic rings. The molecule has 0 radical (unpaired) electrons. The summed E-state index contributed by atoms with van der Waals surface area (Å²) in [5.41, 5.74) is 8.02. The molecule has 1 unspecified atom stereocenters. The van der Waals surface area contributed by atoms with Gasteiger partial charge in [0.2, 0.25) is 5.88 Å². The summed E-state index contributed by atoms with van der Waals surface area (Å²) in [5.74, 6) is 0.781. The van der Waals surface area contributed by atoms with Crippen LogP contribution in [0.5, 0.6) is 5.88 Å². The van der Waals surface area contributed by atoms with Crippen LogP contribution < -0.4 is 10.5 Å². The molecule has 0 aliphatic carbocycles. The van der Waals surface area contributed by atoms with Crippen molar-refractivity contribution >= 4 is 0 Å². The number of aromatic nitrogens is 2. The summed E-state index contributed by atoms with van der Waals surface area (Å²) in [6.45, 7) is 7.07. The standard InChI is InChI=1S/C13H26N4O2/c1-6-17(7-8-18-4)11(9-14)12-10(2)15-16(3)13(12)19-5/h11H,6-9,14H2,1-5H3. The molecular weight excluding hydrogens is 244 g/mol. The van der Waals surface area contributed by atoms with Crippen molar-refractivity contribution in [3.63, 3.8) is 0 Å². The van der Waals surface area contributed by atoms with Crippen molar-refractivity contribution < 1.29 is 9.47 Å². The van der Waals surface area contributed by atoms with E-state index >= 15 is 0 Å². The van der Waals surface area contributed by atoms with Gasteiger partial charge in [0.25, 0.3) is 0 Å². The molecule has 110 valence electrons. The molecule has 6 nitrogen and oxygen atoms in total. The lowest BCUT2D eigenvalue weighted by atomic mass is 10.1. The molecule has 1 aromatic rings. The average molecular weight is 270 g/mol. The molecule has 19 heavy (non-hydrogen) atoms. The summed E-state index contributed by atoms with van der Waals surface area (Å²) < 4.78 is 12.4. The Kier molecular flexibility index (Phi) is 6.27. The van der Waals surface area contributed by atoms with Gasteiger partial charge in [-0.2, -0.15) is 5.10 Å². The lowest BCUT2D eigenvalue weighted by molar-refractivity contribution is 0.124. The lowest BCUT2D eigenvalue weighted by Crippen LogP contribution is -2.36. The molecule has 1 atom stereocenters. The van der Waals surface area contributed by atoms with E-state index in [1.807, 2.05) is 14.0 Å². The van der Waals surface area contributed by atoms with Crippen LogP contribution in [0, 0.1) is 6.92 Å². The fraction of sp³-hybridized carbons (Fsp3) is 0.769. The molecule has 0 fully saturated rings. The topological polar surface area (TPSA) is 65.5 Å². The Bertz CT molecular complexity index is 392. The number of hydrogen-bond acceptors (Lipinski definition) is 5. The Balaban J connectivity index is 3.07. The second kappa shape index (κ2) is 7.47. The first kappa shape index (κ1) is 15.9. The van der Waals surface area contributed by atoms with Crippen LogP contribution in [0.1, 0.15) is 24.2 Å². The Morgan fingerprint density at radius 3 is 2.58 bits per heavy atom. The van der Waals surface area contributed by atoms with Crippen LogP contribution in [-0.4, -0.2) is 55.1 Å². The smallest absolute Gasteiger partial charge is 0.216 e. The van der Waals surface area contributed by atoms with Crippen LogP contribution in [0.4, 0.5) is 0 Å². The van der Waals surface area contributed by atoms with E-state index in [0.29, 0.717) is 13.2 Å². The molecule has 0 aliphatic heterocycles. The summed E-state index contributed by atoms with van der Waals surface area (Å²) >= 11 is 0. The van der Waals surface area contributed by atoms with E-state index in [0.717, 1.165) is 30.2 Å². The van der Waals surface area contributed by atoms with E-state index in [1.54, 1.807) is 18.9 Å². The molecule has 0 saturated heterocycles. The van der Waals surface area contributed by atoms with Gasteiger partial charge in [-0.15, -0.1) is 0 Å². The Hall–Kier alpha value is -1.11. The Labute approximate surface area is 115 Å². The van der Waals surface area contributed by atoms with Crippen LogP contribution in [0.3, 0.4) is 0 Å². The summed E-state index contributed by atoms with van der Waals surface area (Å²) in [4.78, 5) is 2.29. The van der Waals surface area contributed by atoms with Crippen molar-refractivity contribution in [2.75, 3.05) is 40.5 Å². The van der Waals surface area contributed by atoms with Crippen LogP contribution in [0.25, 0.3) is 0 Å². The summed E-state index contributed by atoms with van der Waals surface area (Å²) in [6, 6.07) is 0.101. The van der Waals surface area contributed by atoms with Crippen LogP contribution in [0.2, 0.25) is 0 Å². The summed E-state index contributed by atoms with van der Waals surface area (Å²) in [6.07, 6.45) is 0. The number of hydrogen-bond donors (Lipinski definition) is 1. The van der Waals surface area contributed by atoms with E-state index in [1.165, 1.54) is 0 Å². The lowest BCUT2D eigenvalue weighted by Gasteiger charge is -2.29. The van der Waals surface area contributed by atoms with Crippen molar-refractivity contribution in [2.24, 2.45) is 12.8 Å². The zero-order chi connectivity index (χ0) is 14.4. The highest BCUT2D eigenvalue weighted by molar-refractivity contribution is 5.34. The number of aryl methyl sites for hydroxylation is 2. The monoisotopic (exact) mass is 270 g/mol. The fourth-order valence-electron chi connectivity index (χ4n) is 2.47. The van der Waals surface area contributed by atoms with Gasteiger partial charge in [-0.25, -0.2) is 4.68 Å². The average Bonchev–Trinajstić information content (AvgIpc) is 2.68. The maximum atomic E-state index is 5.98. The quantitative estimate of drug-likeness (QED) is 0.753. The maximum absolute atomic E-state index is 5.98. The summed E-state index contributed by atoms with van der Waals surface area (Å²) in [5, 5.41) is 4.43. The molecular formula is C13H26N4O2. The molecule has 6 heteroatoms. The highest BCUT2D eigenvalue weighted by Gasteiger charge is 2.26. The SMILES string of the molecule is CCN(CCOC)C(CN)c1c(C)nn(C)c1OC. The van der Waals surface area contributed by atoms with Gasteiger partial charge >= 0.3 is 0 Å². The van der Waals surface area contributed by atoms with Crippen molar-refractivity contribution in [1.29, 1.82) is 0 Å². The van der Waals surface area contributed by atoms with E-state index in [9.17, 15) is 0 Å².